The Bertz CT molecular complexity index is 658. The van der Waals surface area contributed by atoms with Crippen LogP contribution in [0.3, 0.4) is 0 Å². The lowest BCUT2D eigenvalue weighted by Crippen LogP contribution is -2.10. The molecule has 5 nitrogen and oxygen atoms in total. The van der Waals surface area contributed by atoms with Crippen LogP contribution in [0.1, 0.15) is 13.3 Å². The highest BCUT2D eigenvalue weighted by Crippen LogP contribution is 2.32. The second kappa shape index (κ2) is 8.29. The third-order valence-corrected chi connectivity index (χ3v) is 3.18. The number of rotatable bonds is 6. The second-order valence-electron chi connectivity index (χ2n) is 4.68. The lowest BCUT2D eigenvalue weighted by atomic mass is 10.3. The molecular formula is C17H18ClNO4. The molecule has 0 aliphatic rings. The average Bonchev–Trinajstić information content (AvgIpc) is 2.56. The number of amides is 1. The van der Waals surface area contributed by atoms with Gasteiger partial charge in [-0.3, -0.25) is 5.32 Å². The Morgan fingerprint density at radius 3 is 2.43 bits per heavy atom. The van der Waals surface area contributed by atoms with Gasteiger partial charge in [0, 0.05) is 5.69 Å². The number of benzene rings is 2. The number of carbonyl (C=O) groups excluding carboxylic acids is 1. The molecular weight excluding hydrogens is 318 g/mol. The lowest BCUT2D eigenvalue weighted by molar-refractivity contribution is 0.187. The van der Waals surface area contributed by atoms with Gasteiger partial charge >= 0.3 is 6.09 Å². The highest BCUT2D eigenvalue weighted by Gasteiger charge is 2.07. The first kappa shape index (κ1) is 17.0. The van der Waals surface area contributed by atoms with Crippen LogP contribution in [0.2, 0.25) is 5.02 Å². The smallest absolute Gasteiger partial charge is 0.411 e. The molecule has 0 bridgehead atoms. The summed E-state index contributed by atoms with van der Waals surface area (Å²) < 4.78 is 15.8. The molecule has 0 aliphatic carbocycles. The van der Waals surface area contributed by atoms with Crippen LogP contribution in [0, 0.1) is 0 Å². The average molecular weight is 336 g/mol. The van der Waals surface area contributed by atoms with E-state index in [-0.39, 0.29) is 0 Å². The van der Waals surface area contributed by atoms with Crippen LogP contribution in [0.4, 0.5) is 10.5 Å². The summed E-state index contributed by atoms with van der Waals surface area (Å²) in [6, 6.07) is 12.2. The molecule has 1 N–H and O–H groups in total. The number of ether oxygens (including phenoxy) is 3. The van der Waals surface area contributed by atoms with E-state index in [4.69, 9.17) is 21.1 Å². The van der Waals surface area contributed by atoms with Crippen LogP contribution in [-0.4, -0.2) is 19.8 Å². The second-order valence-corrected chi connectivity index (χ2v) is 5.09. The van der Waals surface area contributed by atoms with Gasteiger partial charge in [0.25, 0.3) is 0 Å². The van der Waals surface area contributed by atoms with Crippen molar-refractivity contribution in [2.24, 2.45) is 0 Å². The first-order valence-electron chi connectivity index (χ1n) is 7.17. The summed E-state index contributed by atoms with van der Waals surface area (Å²) in [7, 11) is 1.29. The highest BCUT2D eigenvalue weighted by molar-refractivity contribution is 6.32. The predicted octanol–water partition coefficient (Wildman–Crippen LogP) is 5.10. The van der Waals surface area contributed by atoms with Crippen molar-refractivity contribution in [3.05, 3.63) is 47.5 Å². The Morgan fingerprint density at radius 2 is 1.83 bits per heavy atom. The predicted molar refractivity (Wildman–Crippen MR) is 89.8 cm³/mol. The zero-order valence-electron chi connectivity index (χ0n) is 13.0. The molecule has 0 aliphatic heterocycles. The number of anilines is 1. The van der Waals surface area contributed by atoms with Crippen LogP contribution in [-0.2, 0) is 4.74 Å². The van der Waals surface area contributed by atoms with Crippen molar-refractivity contribution in [2.45, 2.75) is 13.3 Å². The van der Waals surface area contributed by atoms with Crippen molar-refractivity contribution < 1.29 is 19.0 Å². The van der Waals surface area contributed by atoms with Gasteiger partial charge in [0.05, 0.1) is 18.7 Å². The third-order valence-electron chi connectivity index (χ3n) is 2.89. The Balaban J connectivity index is 2.03. The summed E-state index contributed by atoms with van der Waals surface area (Å²) in [4.78, 5) is 11.2. The molecule has 0 unspecified atom stereocenters. The fourth-order valence-electron chi connectivity index (χ4n) is 1.78. The minimum Gasteiger partial charge on any atom is -0.494 e. The van der Waals surface area contributed by atoms with Gasteiger partial charge in [-0.05, 0) is 48.9 Å². The molecule has 0 atom stereocenters. The van der Waals surface area contributed by atoms with E-state index in [1.165, 1.54) is 7.11 Å². The lowest BCUT2D eigenvalue weighted by Gasteiger charge is -2.10. The van der Waals surface area contributed by atoms with Gasteiger partial charge < -0.3 is 14.2 Å². The summed E-state index contributed by atoms with van der Waals surface area (Å²) in [5.41, 5.74) is 0.525. The molecule has 122 valence electrons. The highest BCUT2D eigenvalue weighted by atomic mass is 35.5. The minimum absolute atomic E-state index is 0.380. The van der Waals surface area contributed by atoms with Crippen LogP contribution < -0.4 is 14.8 Å². The Hall–Kier alpha value is -2.40. The maximum atomic E-state index is 11.2. The van der Waals surface area contributed by atoms with E-state index in [0.717, 1.165) is 12.2 Å². The molecule has 23 heavy (non-hydrogen) atoms. The summed E-state index contributed by atoms with van der Waals surface area (Å²) in [5.74, 6) is 1.93. The standard InChI is InChI=1S/C17H18ClNO4/c1-3-10-22-13-5-7-14(8-6-13)23-16-9-4-12(11-15(16)18)19-17(20)21-2/h4-9,11H,3,10H2,1-2H3,(H,19,20). The molecule has 0 heterocycles. The molecule has 0 saturated carbocycles. The third kappa shape index (κ3) is 5.07. The van der Waals surface area contributed by atoms with Gasteiger partial charge in [0.1, 0.15) is 17.2 Å². The van der Waals surface area contributed by atoms with E-state index in [9.17, 15) is 4.79 Å². The number of nitrogens with one attached hydrogen (secondary N) is 1. The fourth-order valence-corrected chi connectivity index (χ4v) is 2.00. The van der Waals surface area contributed by atoms with Crippen molar-refractivity contribution >= 4 is 23.4 Å². The molecule has 1 amide bonds. The van der Waals surface area contributed by atoms with Gasteiger partial charge in [-0.25, -0.2) is 4.79 Å². The van der Waals surface area contributed by atoms with Gasteiger partial charge in [0.15, 0.2) is 0 Å². The largest absolute Gasteiger partial charge is 0.494 e. The van der Waals surface area contributed by atoms with Crippen LogP contribution in [0.5, 0.6) is 17.2 Å². The Labute approximate surface area is 140 Å². The molecule has 0 aromatic heterocycles. The molecule has 0 saturated heterocycles. The Morgan fingerprint density at radius 1 is 1.13 bits per heavy atom. The number of carbonyl (C=O) groups is 1. The number of methoxy groups -OCH3 is 1. The molecule has 2 rings (SSSR count). The molecule has 0 spiro atoms. The van der Waals surface area contributed by atoms with E-state index in [0.29, 0.717) is 28.8 Å². The quantitative estimate of drug-likeness (QED) is 0.798. The van der Waals surface area contributed by atoms with Crippen molar-refractivity contribution in [2.75, 3.05) is 19.0 Å². The number of halogens is 1. The van der Waals surface area contributed by atoms with Crippen molar-refractivity contribution in [1.82, 2.24) is 0 Å². The SMILES string of the molecule is CCCOc1ccc(Oc2ccc(NC(=O)OC)cc2Cl)cc1. The van der Waals surface area contributed by atoms with Gasteiger partial charge in [-0.2, -0.15) is 0 Å². The first-order valence-corrected chi connectivity index (χ1v) is 7.55. The van der Waals surface area contributed by atoms with Crippen molar-refractivity contribution in [3.63, 3.8) is 0 Å². The van der Waals surface area contributed by atoms with E-state index in [2.05, 4.69) is 17.0 Å². The van der Waals surface area contributed by atoms with E-state index >= 15 is 0 Å². The van der Waals surface area contributed by atoms with Gasteiger partial charge in [-0.1, -0.05) is 18.5 Å². The van der Waals surface area contributed by atoms with Gasteiger partial charge in [-0.15, -0.1) is 0 Å². The summed E-state index contributed by atoms with van der Waals surface area (Å²) in [6.07, 6.45) is 0.400. The summed E-state index contributed by atoms with van der Waals surface area (Å²) in [5, 5.41) is 2.91. The van der Waals surface area contributed by atoms with E-state index in [1.807, 2.05) is 24.3 Å². The zero-order chi connectivity index (χ0) is 16.7. The topological polar surface area (TPSA) is 56.8 Å². The molecule has 2 aromatic rings. The molecule has 0 fully saturated rings. The first-order chi connectivity index (χ1) is 11.1. The van der Waals surface area contributed by atoms with Crippen LogP contribution in [0.25, 0.3) is 0 Å². The van der Waals surface area contributed by atoms with Crippen molar-refractivity contribution in [3.8, 4) is 17.2 Å². The molecule has 6 heteroatoms. The fraction of sp³-hybridized carbons (Fsp3) is 0.235. The minimum atomic E-state index is -0.558. The normalized spacial score (nSPS) is 10.0. The number of hydrogen-bond donors (Lipinski definition) is 1. The van der Waals surface area contributed by atoms with E-state index < -0.39 is 6.09 Å². The van der Waals surface area contributed by atoms with E-state index in [1.54, 1.807) is 18.2 Å². The zero-order valence-corrected chi connectivity index (χ0v) is 13.7. The van der Waals surface area contributed by atoms with Crippen LogP contribution >= 0.6 is 11.6 Å². The monoisotopic (exact) mass is 335 g/mol. The molecule has 2 aromatic carbocycles. The summed E-state index contributed by atoms with van der Waals surface area (Å²) >= 11 is 6.16. The summed E-state index contributed by atoms with van der Waals surface area (Å²) in [6.45, 7) is 2.74. The maximum absolute atomic E-state index is 11.2. The van der Waals surface area contributed by atoms with Crippen molar-refractivity contribution in [1.29, 1.82) is 0 Å². The van der Waals surface area contributed by atoms with Crippen LogP contribution in [0.15, 0.2) is 42.5 Å². The van der Waals surface area contributed by atoms with Gasteiger partial charge in [0.2, 0.25) is 0 Å². The molecule has 0 radical (unpaired) electrons. The maximum Gasteiger partial charge on any atom is 0.411 e. The Kier molecular flexibility index (Phi) is 6.11. The number of hydrogen-bond acceptors (Lipinski definition) is 4.